The summed E-state index contributed by atoms with van der Waals surface area (Å²) in [5.41, 5.74) is 8.66. The number of aryl methyl sites for hydroxylation is 1. The highest BCUT2D eigenvalue weighted by molar-refractivity contribution is 6.00. The largest absolute Gasteiger partial charge is 0.478 e. The summed E-state index contributed by atoms with van der Waals surface area (Å²) in [4.78, 5) is 10.8. The Labute approximate surface area is 165 Å². The van der Waals surface area contributed by atoms with Crippen LogP contribution in [0.1, 0.15) is 40.7 Å². The van der Waals surface area contributed by atoms with Gasteiger partial charge in [0, 0.05) is 6.08 Å². The average Bonchev–Trinajstić information content (AvgIpc) is 2.93. The summed E-state index contributed by atoms with van der Waals surface area (Å²) in [5, 5.41) is 8.84. The van der Waals surface area contributed by atoms with Crippen LogP contribution in [0.15, 0.2) is 84.9 Å². The van der Waals surface area contributed by atoms with Crippen molar-refractivity contribution in [1.29, 1.82) is 0 Å². The first-order chi connectivity index (χ1) is 13.7. The molecule has 1 aliphatic carbocycles. The van der Waals surface area contributed by atoms with Crippen LogP contribution in [0.25, 0.3) is 17.2 Å². The normalized spacial score (nSPS) is 14.0. The molecule has 0 saturated carbocycles. The smallest absolute Gasteiger partial charge is 0.328 e. The molecular weight excluding hydrogens is 344 g/mol. The molecule has 1 aliphatic rings. The predicted octanol–water partition coefficient (Wildman–Crippen LogP) is 6.08. The lowest BCUT2D eigenvalue weighted by molar-refractivity contribution is -0.131. The van der Waals surface area contributed by atoms with Gasteiger partial charge in [-0.1, -0.05) is 78.9 Å². The highest BCUT2D eigenvalue weighted by Gasteiger charge is 2.19. The molecule has 1 N–H and O–H groups in total. The van der Waals surface area contributed by atoms with E-state index in [-0.39, 0.29) is 0 Å². The molecule has 2 heteroatoms. The molecular formula is C26H22O2. The highest BCUT2D eigenvalue weighted by atomic mass is 16.4. The van der Waals surface area contributed by atoms with E-state index in [4.69, 9.17) is 5.11 Å². The topological polar surface area (TPSA) is 37.3 Å². The fourth-order valence-electron chi connectivity index (χ4n) is 3.91. The van der Waals surface area contributed by atoms with Crippen LogP contribution in [0.4, 0.5) is 0 Å². The summed E-state index contributed by atoms with van der Waals surface area (Å²) >= 11 is 0. The van der Waals surface area contributed by atoms with Crippen LogP contribution in [0.5, 0.6) is 0 Å². The summed E-state index contributed by atoms with van der Waals surface area (Å²) in [5.74, 6) is -0.934. The molecule has 0 spiro atoms. The average molecular weight is 366 g/mol. The maximum Gasteiger partial charge on any atom is 0.328 e. The van der Waals surface area contributed by atoms with Crippen molar-refractivity contribution in [2.45, 2.75) is 19.3 Å². The number of carboxylic acids is 1. The molecule has 0 bridgehead atoms. The summed E-state index contributed by atoms with van der Waals surface area (Å²) < 4.78 is 0. The second-order valence-electron chi connectivity index (χ2n) is 7.02. The fourth-order valence-corrected chi connectivity index (χ4v) is 3.91. The van der Waals surface area contributed by atoms with Crippen molar-refractivity contribution in [3.8, 4) is 0 Å². The number of aliphatic carboxylic acids is 1. The predicted molar refractivity (Wildman–Crippen MR) is 115 cm³/mol. The monoisotopic (exact) mass is 366 g/mol. The van der Waals surface area contributed by atoms with Crippen LogP contribution in [-0.4, -0.2) is 11.1 Å². The minimum atomic E-state index is -0.934. The zero-order chi connectivity index (χ0) is 19.3. The minimum absolute atomic E-state index is 0.884. The SMILES string of the molecule is O=C(O)C=Cc1ccc(C2=C(c3ccccc3)CCCc3ccccc32)cc1. The standard InChI is InChI=1S/C26H22O2/c27-25(28)18-15-19-13-16-22(17-14-19)26-23-11-5-4-9-21(23)10-6-12-24(26)20-7-2-1-3-8-20/h1-5,7-9,11,13-18H,6,10,12H2,(H,27,28). The van der Waals surface area contributed by atoms with Gasteiger partial charge in [0.05, 0.1) is 0 Å². The molecule has 0 atom stereocenters. The quantitative estimate of drug-likeness (QED) is 0.568. The number of allylic oxidation sites excluding steroid dienone is 1. The van der Waals surface area contributed by atoms with E-state index in [0.717, 1.165) is 24.8 Å². The molecule has 0 unspecified atom stereocenters. The molecule has 0 aromatic heterocycles. The Morgan fingerprint density at radius 3 is 2.25 bits per heavy atom. The van der Waals surface area contributed by atoms with Gasteiger partial charge in [0.25, 0.3) is 0 Å². The van der Waals surface area contributed by atoms with E-state index < -0.39 is 5.97 Å². The molecule has 28 heavy (non-hydrogen) atoms. The Hall–Kier alpha value is -3.39. The molecule has 138 valence electrons. The first kappa shape index (κ1) is 18.0. The second-order valence-corrected chi connectivity index (χ2v) is 7.02. The second kappa shape index (κ2) is 8.10. The molecule has 0 radical (unpaired) electrons. The number of fused-ring (bicyclic) bond motifs is 1. The van der Waals surface area contributed by atoms with E-state index in [0.29, 0.717) is 0 Å². The van der Waals surface area contributed by atoms with Crippen LogP contribution < -0.4 is 0 Å². The van der Waals surface area contributed by atoms with Gasteiger partial charge in [-0.15, -0.1) is 0 Å². The fraction of sp³-hybridized carbons (Fsp3) is 0.115. The van der Waals surface area contributed by atoms with E-state index in [9.17, 15) is 4.79 Å². The van der Waals surface area contributed by atoms with Gasteiger partial charge >= 0.3 is 5.97 Å². The number of hydrogen-bond donors (Lipinski definition) is 1. The third-order valence-corrected chi connectivity index (χ3v) is 5.20. The van der Waals surface area contributed by atoms with E-state index in [1.165, 1.54) is 39.5 Å². The Kier molecular flexibility index (Phi) is 5.20. The van der Waals surface area contributed by atoms with E-state index in [2.05, 4.69) is 66.7 Å². The van der Waals surface area contributed by atoms with Crippen LogP contribution in [-0.2, 0) is 11.2 Å². The van der Waals surface area contributed by atoms with Gasteiger partial charge in [-0.3, -0.25) is 0 Å². The first-order valence-corrected chi connectivity index (χ1v) is 9.60. The number of carboxylic acid groups (broad SMARTS) is 1. The van der Waals surface area contributed by atoms with Gasteiger partial charge in [0.1, 0.15) is 0 Å². The van der Waals surface area contributed by atoms with Gasteiger partial charge in [-0.25, -0.2) is 4.79 Å². The van der Waals surface area contributed by atoms with Crippen LogP contribution in [0.3, 0.4) is 0 Å². The van der Waals surface area contributed by atoms with Crippen LogP contribution in [0.2, 0.25) is 0 Å². The summed E-state index contributed by atoms with van der Waals surface area (Å²) in [6.45, 7) is 0. The van der Waals surface area contributed by atoms with E-state index in [1.807, 2.05) is 12.1 Å². The Balaban J connectivity index is 1.87. The van der Waals surface area contributed by atoms with Crippen molar-refractivity contribution in [2.24, 2.45) is 0 Å². The van der Waals surface area contributed by atoms with Gasteiger partial charge in [0.2, 0.25) is 0 Å². The van der Waals surface area contributed by atoms with E-state index >= 15 is 0 Å². The summed E-state index contributed by atoms with van der Waals surface area (Å²) in [7, 11) is 0. The van der Waals surface area contributed by atoms with Gasteiger partial charge in [-0.2, -0.15) is 0 Å². The van der Waals surface area contributed by atoms with Crippen molar-refractivity contribution in [3.63, 3.8) is 0 Å². The van der Waals surface area contributed by atoms with E-state index in [1.54, 1.807) is 6.08 Å². The molecule has 3 aromatic rings. The molecule has 3 aromatic carbocycles. The maximum atomic E-state index is 10.8. The molecule has 0 heterocycles. The lowest BCUT2D eigenvalue weighted by atomic mass is 9.87. The summed E-state index contributed by atoms with van der Waals surface area (Å²) in [6.07, 6.45) is 6.04. The maximum absolute atomic E-state index is 10.8. The Morgan fingerprint density at radius 2 is 1.50 bits per heavy atom. The van der Waals surface area contributed by atoms with Crippen molar-refractivity contribution in [3.05, 3.63) is 113 Å². The van der Waals surface area contributed by atoms with Gasteiger partial charge in [-0.05, 0) is 64.3 Å². The molecule has 2 nitrogen and oxygen atoms in total. The van der Waals surface area contributed by atoms with Gasteiger partial charge in [0.15, 0.2) is 0 Å². The van der Waals surface area contributed by atoms with Gasteiger partial charge < -0.3 is 5.11 Å². The molecule has 4 rings (SSSR count). The molecule has 0 amide bonds. The third kappa shape index (κ3) is 3.81. The van der Waals surface area contributed by atoms with Crippen molar-refractivity contribution in [2.75, 3.05) is 0 Å². The zero-order valence-electron chi connectivity index (χ0n) is 15.6. The van der Waals surface area contributed by atoms with Crippen LogP contribution in [0, 0.1) is 0 Å². The molecule has 0 aliphatic heterocycles. The van der Waals surface area contributed by atoms with Crippen molar-refractivity contribution < 1.29 is 9.90 Å². The number of carbonyl (C=O) groups is 1. The Bertz CT molecular complexity index is 1040. The minimum Gasteiger partial charge on any atom is -0.478 e. The van der Waals surface area contributed by atoms with Crippen LogP contribution >= 0.6 is 0 Å². The molecule has 0 fully saturated rings. The number of rotatable bonds is 4. The summed E-state index contributed by atoms with van der Waals surface area (Å²) in [6, 6.07) is 27.5. The third-order valence-electron chi connectivity index (χ3n) is 5.20. The lowest BCUT2D eigenvalue weighted by Crippen LogP contribution is -1.96. The highest BCUT2D eigenvalue weighted by Crippen LogP contribution is 2.39. The number of benzene rings is 3. The first-order valence-electron chi connectivity index (χ1n) is 9.60. The van der Waals surface area contributed by atoms with Crippen molar-refractivity contribution >= 4 is 23.2 Å². The number of hydrogen-bond acceptors (Lipinski definition) is 1. The zero-order valence-corrected chi connectivity index (χ0v) is 15.6. The van der Waals surface area contributed by atoms with Crippen molar-refractivity contribution in [1.82, 2.24) is 0 Å². The Morgan fingerprint density at radius 1 is 0.786 bits per heavy atom. The lowest BCUT2D eigenvalue weighted by Gasteiger charge is -2.16. The molecule has 0 saturated heterocycles.